The molecule has 38 heavy (non-hydrogen) atoms. The summed E-state index contributed by atoms with van der Waals surface area (Å²) in [7, 11) is 0. The molecule has 0 atom stereocenters. The molecule has 1 heterocycles. The summed E-state index contributed by atoms with van der Waals surface area (Å²) in [5, 5.41) is 5.64. The number of nitrogens with zero attached hydrogens (tertiary/aromatic N) is 2. The Bertz CT molecular complexity index is 1260. The van der Waals surface area contributed by atoms with Crippen molar-refractivity contribution in [2.24, 2.45) is 0 Å². The third-order valence-electron chi connectivity index (χ3n) is 6.11. The fraction of sp³-hybridized carbons (Fsp3) is 0.290. The Morgan fingerprint density at radius 1 is 0.895 bits per heavy atom. The number of benzene rings is 3. The zero-order valence-electron chi connectivity index (χ0n) is 21.7. The highest BCUT2D eigenvalue weighted by atomic mass is 32.1. The van der Waals surface area contributed by atoms with Crippen LogP contribution in [0.15, 0.2) is 84.2 Å². The molecule has 0 saturated carbocycles. The molecule has 4 rings (SSSR count). The van der Waals surface area contributed by atoms with Gasteiger partial charge in [-0.3, -0.25) is 9.69 Å². The van der Waals surface area contributed by atoms with Crippen molar-refractivity contribution >= 4 is 17.2 Å². The van der Waals surface area contributed by atoms with Crippen molar-refractivity contribution in [3.63, 3.8) is 0 Å². The van der Waals surface area contributed by atoms with Crippen LogP contribution in [-0.2, 0) is 26.2 Å². The van der Waals surface area contributed by atoms with E-state index in [0.717, 1.165) is 46.7 Å². The van der Waals surface area contributed by atoms with Crippen molar-refractivity contribution in [1.29, 1.82) is 0 Å². The Morgan fingerprint density at radius 2 is 1.58 bits per heavy atom. The summed E-state index contributed by atoms with van der Waals surface area (Å²) in [4.78, 5) is 19.3. The van der Waals surface area contributed by atoms with Crippen LogP contribution in [0.4, 0.5) is 4.39 Å². The Balaban J connectivity index is 1.39. The van der Waals surface area contributed by atoms with Gasteiger partial charge in [0, 0.05) is 25.0 Å². The fourth-order valence-electron chi connectivity index (χ4n) is 4.05. The van der Waals surface area contributed by atoms with E-state index in [1.807, 2.05) is 47.8 Å². The van der Waals surface area contributed by atoms with Crippen LogP contribution in [0.25, 0.3) is 0 Å². The number of hydrogen-bond acceptors (Lipinski definition) is 5. The molecule has 1 aromatic heterocycles. The lowest BCUT2D eigenvalue weighted by molar-refractivity contribution is 0.0948. The van der Waals surface area contributed by atoms with Crippen LogP contribution in [0.1, 0.15) is 58.4 Å². The number of halogens is 1. The summed E-state index contributed by atoms with van der Waals surface area (Å²) in [6, 6.07) is 24.8. The van der Waals surface area contributed by atoms with Gasteiger partial charge in [-0.15, -0.1) is 11.3 Å². The van der Waals surface area contributed by atoms with Gasteiger partial charge >= 0.3 is 0 Å². The maximum absolute atomic E-state index is 13.5. The number of hydrogen-bond donors (Lipinski definition) is 1. The Kier molecular flexibility index (Phi) is 10.4. The maximum Gasteiger partial charge on any atom is 0.270 e. The van der Waals surface area contributed by atoms with Gasteiger partial charge in [-0.2, -0.15) is 0 Å². The van der Waals surface area contributed by atoms with Crippen molar-refractivity contribution < 1.29 is 13.9 Å². The van der Waals surface area contributed by atoms with E-state index in [9.17, 15) is 9.18 Å². The fourth-order valence-corrected chi connectivity index (χ4v) is 4.87. The number of nitrogens with one attached hydrogen (secondary N) is 1. The molecule has 4 aromatic rings. The Morgan fingerprint density at radius 3 is 2.26 bits per heavy atom. The van der Waals surface area contributed by atoms with Crippen LogP contribution < -0.4 is 10.1 Å². The number of amides is 1. The van der Waals surface area contributed by atoms with Crippen LogP contribution >= 0.6 is 11.3 Å². The van der Waals surface area contributed by atoms with E-state index >= 15 is 0 Å². The van der Waals surface area contributed by atoms with E-state index in [2.05, 4.69) is 34.3 Å². The second-order valence-corrected chi connectivity index (χ2v) is 10.2. The lowest BCUT2D eigenvalue weighted by Gasteiger charge is -2.22. The number of ether oxygens (including phenoxy) is 1. The van der Waals surface area contributed by atoms with E-state index in [1.165, 1.54) is 23.5 Å². The topological polar surface area (TPSA) is 54.5 Å². The molecule has 1 N–H and O–H groups in total. The van der Waals surface area contributed by atoms with Crippen molar-refractivity contribution in [3.8, 4) is 5.75 Å². The molecule has 0 aliphatic rings. The van der Waals surface area contributed by atoms with Gasteiger partial charge in [0.05, 0.1) is 6.54 Å². The number of carbonyl (C=O) groups is 1. The molecule has 0 unspecified atom stereocenters. The van der Waals surface area contributed by atoms with Gasteiger partial charge in [0.1, 0.15) is 28.9 Å². The highest BCUT2D eigenvalue weighted by Gasteiger charge is 2.15. The molecule has 7 heteroatoms. The van der Waals surface area contributed by atoms with Crippen LogP contribution in [0.3, 0.4) is 0 Å². The molecule has 1 amide bonds. The number of aromatic nitrogens is 1. The number of carbonyl (C=O) groups excluding carboxylic acids is 1. The van der Waals surface area contributed by atoms with Crippen LogP contribution in [0, 0.1) is 5.82 Å². The monoisotopic (exact) mass is 531 g/mol. The average molecular weight is 532 g/mol. The minimum atomic E-state index is -0.249. The summed E-state index contributed by atoms with van der Waals surface area (Å²) in [6.45, 7) is 5.22. The van der Waals surface area contributed by atoms with Gasteiger partial charge < -0.3 is 10.1 Å². The highest BCUT2D eigenvalue weighted by molar-refractivity contribution is 7.09. The number of unbranched alkanes of at least 4 members (excludes halogenated alkanes) is 2. The molecule has 0 saturated heterocycles. The first kappa shape index (κ1) is 27.5. The predicted octanol–water partition coefficient (Wildman–Crippen LogP) is 6.98. The quantitative estimate of drug-likeness (QED) is 0.178. The average Bonchev–Trinajstić information content (AvgIpc) is 3.41. The molecular weight excluding hydrogens is 497 g/mol. The highest BCUT2D eigenvalue weighted by Crippen LogP contribution is 2.20. The minimum absolute atomic E-state index is 0.125. The van der Waals surface area contributed by atoms with Crippen LogP contribution in [0.2, 0.25) is 0 Å². The lowest BCUT2D eigenvalue weighted by atomic mass is 10.1. The Labute approximate surface area is 228 Å². The summed E-state index contributed by atoms with van der Waals surface area (Å²) in [5.41, 5.74) is 3.73. The largest absolute Gasteiger partial charge is 0.489 e. The molecule has 198 valence electrons. The van der Waals surface area contributed by atoms with Gasteiger partial charge in [0.25, 0.3) is 5.91 Å². The van der Waals surface area contributed by atoms with Gasteiger partial charge in [-0.1, -0.05) is 74.4 Å². The maximum atomic E-state index is 13.5. The summed E-state index contributed by atoms with van der Waals surface area (Å²) < 4.78 is 19.4. The van der Waals surface area contributed by atoms with Crippen molar-refractivity contribution in [1.82, 2.24) is 15.2 Å². The zero-order chi connectivity index (χ0) is 26.6. The molecule has 0 fully saturated rings. The molecule has 0 aliphatic carbocycles. The van der Waals surface area contributed by atoms with E-state index in [0.29, 0.717) is 38.5 Å². The first-order chi connectivity index (χ1) is 18.6. The van der Waals surface area contributed by atoms with E-state index in [4.69, 9.17) is 4.74 Å². The lowest BCUT2D eigenvalue weighted by Crippen LogP contribution is -2.25. The third kappa shape index (κ3) is 8.78. The molecule has 0 bridgehead atoms. The second-order valence-electron chi connectivity index (χ2n) is 9.28. The molecule has 3 aromatic carbocycles. The first-order valence-corrected chi connectivity index (χ1v) is 13.9. The van der Waals surface area contributed by atoms with Gasteiger partial charge in [-0.25, -0.2) is 9.37 Å². The Hall–Kier alpha value is -3.55. The normalized spacial score (nSPS) is 11.0. The van der Waals surface area contributed by atoms with Crippen molar-refractivity contribution in [2.45, 2.75) is 52.4 Å². The van der Waals surface area contributed by atoms with Gasteiger partial charge in [0.2, 0.25) is 0 Å². The van der Waals surface area contributed by atoms with Crippen molar-refractivity contribution in [2.75, 3.05) is 6.54 Å². The van der Waals surface area contributed by atoms with Crippen molar-refractivity contribution in [3.05, 3.63) is 117 Å². The first-order valence-electron chi connectivity index (χ1n) is 13.0. The second kappa shape index (κ2) is 14.4. The van der Waals surface area contributed by atoms with E-state index < -0.39 is 0 Å². The molecular formula is C31H34FN3O2S. The van der Waals surface area contributed by atoms with Crippen LogP contribution in [0.5, 0.6) is 5.75 Å². The van der Waals surface area contributed by atoms with Crippen LogP contribution in [-0.4, -0.2) is 22.3 Å². The number of thiazole rings is 1. The van der Waals surface area contributed by atoms with E-state index in [-0.39, 0.29) is 11.7 Å². The zero-order valence-corrected chi connectivity index (χ0v) is 22.6. The van der Waals surface area contributed by atoms with Gasteiger partial charge in [-0.05, 0) is 47.4 Å². The molecule has 5 nitrogen and oxygen atoms in total. The number of rotatable bonds is 14. The predicted molar refractivity (Wildman–Crippen MR) is 151 cm³/mol. The standard InChI is InChI=1S/C31H34FN3O2S/c1-2-3-7-18-33-31(36)29-23-38-30(34-29)21-35(19-24-10-14-27(32)15-11-24)20-25-12-16-28(17-13-25)37-22-26-8-5-4-6-9-26/h4-6,8-17,23H,2-3,7,18-22H2,1H3,(H,33,36). The van der Waals surface area contributed by atoms with E-state index in [1.54, 1.807) is 12.1 Å². The minimum Gasteiger partial charge on any atom is -0.489 e. The third-order valence-corrected chi connectivity index (χ3v) is 6.94. The van der Waals surface area contributed by atoms with Gasteiger partial charge in [0.15, 0.2) is 0 Å². The summed E-state index contributed by atoms with van der Waals surface area (Å²) >= 11 is 1.49. The molecule has 0 spiro atoms. The smallest absolute Gasteiger partial charge is 0.270 e. The summed E-state index contributed by atoms with van der Waals surface area (Å²) in [5.74, 6) is 0.442. The summed E-state index contributed by atoms with van der Waals surface area (Å²) in [6.07, 6.45) is 3.19. The molecule has 0 aliphatic heterocycles. The molecule has 0 radical (unpaired) electrons. The SMILES string of the molecule is CCCCCNC(=O)c1csc(CN(Cc2ccc(F)cc2)Cc2ccc(OCc3ccccc3)cc2)n1.